The third kappa shape index (κ3) is 4.23. The number of carbonyl (C=O) groups is 5. The van der Waals surface area contributed by atoms with Gasteiger partial charge in [-0.15, -0.1) is 0 Å². The van der Waals surface area contributed by atoms with Gasteiger partial charge in [-0.3, -0.25) is 19.3 Å². The summed E-state index contributed by atoms with van der Waals surface area (Å²) in [6.07, 6.45) is -0.725. The van der Waals surface area contributed by atoms with Crippen LogP contribution in [0.2, 0.25) is 0 Å². The Morgan fingerprint density at radius 2 is 1.95 bits per heavy atom. The zero-order valence-electron chi connectivity index (χ0n) is 10.3. The van der Waals surface area contributed by atoms with Crippen LogP contribution in [-0.2, 0) is 19.2 Å². The Bertz CT molecular complexity index is 446. The number of nitrogens with zero attached hydrogens (tertiary/aromatic N) is 1. The first-order chi connectivity index (χ1) is 9.31. The van der Waals surface area contributed by atoms with Crippen molar-refractivity contribution in [3.63, 3.8) is 0 Å². The highest BCUT2D eigenvalue weighted by molar-refractivity contribution is 6.04. The largest absolute Gasteiger partial charge is 0.481 e. The molecule has 0 spiro atoms. The summed E-state index contributed by atoms with van der Waals surface area (Å²) in [4.78, 5) is 55.8. The van der Waals surface area contributed by atoms with Gasteiger partial charge in [-0.1, -0.05) is 0 Å². The van der Waals surface area contributed by atoms with Crippen LogP contribution in [0, 0.1) is 0 Å². The molecule has 0 aromatic carbocycles. The maximum atomic E-state index is 11.6. The molecule has 1 saturated heterocycles. The van der Waals surface area contributed by atoms with E-state index in [4.69, 9.17) is 10.2 Å². The maximum absolute atomic E-state index is 11.6. The molecule has 10 nitrogen and oxygen atoms in total. The lowest BCUT2D eigenvalue weighted by Gasteiger charge is -2.16. The second kappa shape index (κ2) is 6.50. The highest BCUT2D eigenvalue weighted by Gasteiger charge is 2.31. The second-order valence-electron chi connectivity index (χ2n) is 4.03. The van der Waals surface area contributed by atoms with Gasteiger partial charge in [-0.05, 0) is 6.42 Å². The quantitative estimate of drug-likeness (QED) is 0.394. The number of carbonyl (C=O) groups excluding carboxylic acids is 3. The molecule has 1 unspecified atom stereocenters. The summed E-state index contributed by atoms with van der Waals surface area (Å²) in [5.41, 5.74) is 0. The van der Waals surface area contributed by atoms with Crippen LogP contribution >= 0.6 is 0 Å². The lowest BCUT2D eigenvalue weighted by Crippen LogP contribution is -2.47. The summed E-state index contributed by atoms with van der Waals surface area (Å²) >= 11 is 0. The first-order valence-corrected chi connectivity index (χ1v) is 5.63. The van der Waals surface area contributed by atoms with Crippen LogP contribution in [0.3, 0.4) is 0 Å². The highest BCUT2D eigenvalue weighted by atomic mass is 16.4. The number of carboxylic acid groups (broad SMARTS) is 2. The minimum atomic E-state index is -1.39. The van der Waals surface area contributed by atoms with Crippen molar-refractivity contribution in [3.8, 4) is 0 Å². The van der Waals surface area contributed by atoms with Crippen molar-refractivity contribution < 1.29 is 34.2 Å². The van der Waals surface area contributed by atoms with Crippen LogP contribution in [0.1, 0.15) is 12.8 Å². The molecule has 1 atom stereocenters. The molecule has 20 heavy (non-hydrogen) atoms. The fourth-order valence-corrected chi connectivity index (χ4v) is 1.52. The zero-order chi connectivity index (χ0) is 15.3. The van der Waals surface area contributed by atoms with E-state index < -0.39 is 48.8 Å². The third-order valence-electron chi connectivity index (χ3n) is 2.52. The topological polar surface area (TPSA) is 153 Å². The van der Waals surface area contributed by atoms with Gasteiger partial charge in [0.25, 0.3) is 5.91 Å². The minimum absolute atomic E-state index is 0.215. The molecule has 1 rings (SSSR count). The van der Waals surface area contributed by atoms with E-state index in [0.717, 1.165) is 0 Å². The Balaban J connectivity index is 2.53. The van der Waals surface area contributed by atoms with E-state index in [1.165, 1.54) is 0 Å². The van der Waals surface area contributed by atoms with Crippen molar-refractivity contribution in [1.82, 2.24) is 15.5 Å². The van der Waals surface area contributed by atoms with Crippen molar-refractivity contribution >= 4 is 29.8 Å². The summed E-state index contributed by atoms with van der Waals surface area (Å²) < 4.78 is 0. The molecule has 1 heterocycles. The summed E-state index contributed by atoms with van der Waals surface area (Å²) in [6.45, 7) is -0.824. The smallest absolute Gasteiger partial charge is 0.326 e. The average molecular weight is 287 g/mol. The molecule has 4 N–H and O–H groups in total. The lowest BCUT2D eigenvalue weighted by molar-refractivity contribution is -0.143. The molecule has 1 aliphatic rings. The summed E-state index contributed by atoms with van der Waals surface area (Å²) in [7, 11) is 0. The Hall–Kier alpha value is -2.65. The van der Waals surface area contributed by atoms with Crippen molar-refractivity contribution in [1.29, 1.82) is 0 Å². The number of rotatable bonds is 7. The molecule has 10 heteroatoms. The van der Waals surface area contributed by atoms with Crippen molar-refractivity contribution in [2.24, 2.45) is 0 Å². The molecule has 1 fully saturated rings. The highest BCUT2D eigenvalue weighted by Crippen LogP contribution is 2.01. The molecule has 0 saturated carbocycles. The van der Waals surface area contributed by atoms with E-state index in [1.807, 2.05) is 0 Å². The van der Waals surface area contributed by atoms with Crippen LogP contribution in [0.25, 0.3) is 0 Å². The Kier molecular flexibility index (Phi) is 5.01. The van der Waals surface area contributed by atoms with E-state index in [1.54, 1.807) is 0 Å². The van der Waals surface area contributed by atoms with Crippen molar-refractivity contribution in [2.45, 2.75) is 18.9 Å². The van der Waals surface area contributed by atoms with E-state index in [2.05, 4.69) is 10.6 Å². The molecule has 1 aliphatic heterocycles. The number of nitrogens with one attached hydrogen (secondary N) is 2. The van der Waals surface area contributed by atoms with Gasteiger partial charge in [0.15, 0.2) is 0 Å². The van der Waals surface area contributed by atoms with E-state index >= 15 is 0 Å². The molecule has 0 aromatic heterocycles. The van der Waals surface area contributed by atoms with Crippen LogP contribution in [0.4, 0.5) is 4.79 Å². The van der Waals surface area contributed by atoms with E-state index in [0.29, 0.717) is 4.90 Å². The Morgan fingerprint density at radius 3 is 2.40 bits per heavy atom. The van der Waals surface area contributed by atoms with Gasteiger partial charge < -0.3 is 20.8 Å². The molecule has 0 bridgehead atoms. The molecule has 0 aliphatic carbocycles. The monoisotopic (exact) mass is 287 g/mol. The molecular weight excluding hydrogens is 274 g/mol. The van der Waals surface area contributed by atoms with Gasteiger partial charge in [0.1, 0.15) is 12.6 Å². The SMILES string of the molecule is O=C(O)CCC(NC(=O)CN1C(=O)CNC1=O)C(=O)O. The van der Waals surface area contributed by atoms with Gasteiger partial charge in [-0.2, -0.15) is 0 Å². The number of carboxylic acids is 2. The number of hydrogen-bond acceptors (Lipinski definition) is 5. The third-order valence-corrected chi connectivity index (χ3v) is 2.52. The second-order valence-corrected chi connectivity index (χ2v) is 4.03. The standard InChI is InChI=1S/C10H13N3O7/c14-6(4-13-7(15)3-11-10(13)20)12-5(9(18)19)1-2-8(16)17/h5H,1-4H2,(H,11,20)(H,12,14)(H,16,17)(H,18,19). The van der Waals surface area contributed by atoms with Gasteiger partial charge in [-0.25, -0.2) is 9.59 Å². The molecule has 0 aromatic rings. The van der Waals surface area contributed by atoms with Gasteiger partial charge in [0.05, 0.1) is 6.54 Å². The Morgan fingerprint density at radius 1 is 1.30 bits per heavy atom. The zero-order valence-corrected chi connectivity index (χ0v) is 10.3. The van der Waals surface area contributed by atoms with Crippen LogP contribution in [0.5, 0.6) is 0 Å². The number of amides is 4. The number of aliphatic carboxylic acids is 2. The number of imide groups is 1. The van der Waals surface area contributed by atoms with Crippen LogP contribution in [-0.4, -0.2) is 64.0 Å². The first kappa shape index (κ1) is 15.4. The fourth-order valence-electron chi connectivity index (χ4n) is 1.52. The Labute approximate surface area is 112 Å². The average Bonchev–Trinajstić information content (AvgIpc) is 2.65. The van der Waals surface area contributed by atoms with Gasteiger partial charge in [0.2, 0.25) is 5.91 Å². The fraction of sp³-hybridized carbons (Fsp3) is 0.500. The predicted octanol–water partition coefficient (Wildman–Crippen LogP) is -2.03. The minimum Gasteiger partial charge on any atom is -0.481 e. The summed E-state index contributed by atoms with van der Waals surface area (Å²) in [5.74, 6) is -4.04. The molecule has 4 amide bonds. The number of hydrogen-bond donors (Lipinski definition) is 4. The van der Waals surface area contributed by atoms with Crippen LogP contribution < -0.4 is 10.6 Å². The van der Waals surface area contributed by atoms with E-state index in [-0.39, 0.29) is 13.0 Å². The number of urea groups is 1. The van der Waals surface area contributed by atoms with E-state index in [9.17, 15) is 24.0 Å². The maximum Gasteiger partial charge on any atom is 0.326 e. The summed E-state index contributed by atoms with van der Waals surface area (Å²) in [6, 6.07) is -2.12. The summed E-state index contributed by atoms with van der Waals surface area (Å²) in [5, 5.41) is 21.6. The van der Waals surface area contributed by atoms with Gasteiger partial charge in [0, 0.05) is 6.42 Å². The predicted molar refractivity (Wildman–Crippen MR) is 61.5 cm³/mol. The van der Waals surface area contributed by atoms with Gasteiger partial charge >= 0.3 is 18.0 Å². The first-order valence-electron chi connectivity index (χ1n) is 5.63. The van der Waals surface area contributed by atoms with Crippen molar-refractivity contribution in [2.75, 3.05) is 13.1 Å². The lowest BCUT2D eigenvalue weighted by atomic mass is 10.1. The molecule has 0 radical (unpaired) electrons. The molecular formula is C10H13N3O7. The normalized spacial score (nSPS) is 15.7. The molecule has 110 valence electrons. The van der Waals surface area contributed by atoms with Crippen LogP contribution in [0.15, 0.2) is 0 Å². The van der Waals surface area contributed by atoms with Crippen molar-refractivity contribution in [3.05, 3.63) is 0 Å².